The molecule has 1 aliphatic rings. The fourth-order valence-corrected chi connectivity index (χ4v) is 5.29. The highest BCUT2D eigenvalue weighted by molar-refractivity contribution is 6.28. The van der Waals surface area contributed by atoms with Crippen LogP contribution in [0.15, 0.2) is 18.6 Å². The van der Waals surface area contributed by atoms with Crippen molar-refractivity contribution >= 4 is 35.7 Å². The van der Waals surface area contributed by atoms with Gasteiger partial charge in [0.1, 0.15) is 23.8 Å². The van der Waals surface area contributed by atoms with Crippen molar-refractivity contribution in [3.8, 4) is 0 Å². The lowest BCUT2D eigenvalue weighted by atomic mass is 9.84. The summed E-state index contributed by atoms with van der Waals surface area (Å²) in [7, 11) is 0. The number of aldehydes is 1. The maximum atomic E-state index is 13.7. The first-order chi connectivity index (χ1) is 20.5. The molecule has 4 N–H and O–H groups in total. The van der Waals surface area contributed by atoms with Gasteiger partial charge in [0.25, 0.3) is 5.91 Å². The van der Waals surface area contributed by atoms with Crippen LogP contribution in [0.25, 0.3) is 0 Å². The number of rotatable bonds is 17. The molecule has 43 heavy (non-hydrogen) atoms. The molecule has 1 saturated carbocycles. The van der Waals surface area contributed by atoms with Gasteiger partial charge in [-0.2, -0.15) is 0 Å². The third-order valence-electron chi connectivity index (χ3n) is 8.03. The molecule has 2 rings (SSSR count). The lowest BCUT2D eigenvalue weighted by Gasteiger charge is -2.31. The molecule has 1 aromatic heterocycles. The molecular weight excluding hydrogens is 552 g/mol. The number of Topliss-reactive ketones (excluding diaryl/α,β-unsaturated/α-hetero) is 1. The van der Waals surface area contributed by atoms with Gasteiger partial charge < -0.3 is 21.3 Å². The largest absolute Gasteiger partial charge is 0.344 e. The Kier molecular flexibility index (Phi) is 14.9. The number of carbonyl (C=O) groups excluding carboxylic acids is 6. The van der Waals surface area contributed by atoms with Crippen LogP contribution in [0.3, 0.4) is 0 Å². The van der Waals surface area contributed by atoms with Crippen LogP contribution in [0.5, 0.6) is 0 Å². The van der Waals surface area contributed by atoms with Crippen molar-refractivity contribution in [3.63, 3.8) is 0 Å². The summed E-state index contributed by atoms with van der Waals surface area (Å²) in [5, 5.41) is 11.0. The Morgan fingerprint density at radius 3 is 2.05 bits per heavy atom. The van der Waals surface area contributed by atoms with Crippen LogP contribution in [0, 0.1) is 17.8 Å². The van der Waals surface area contributed by atoms with Gasteiger partial charge in [0.05, 0.1) is 12.2 Å². The van der Waals surface area contributed by atoms with Gasteiger partial charge in [0.2, 0.25) is 23.5 Å². The van der Waals surface area contributed by atoms with E-state index in [4.69, 9.17) is 0 Å². The van der Waals surface area contributed by atoms with E-state index in [2.05, 4.69) is 31.2 Å². The molecule has 238 valence electrons. The maximum Gasteiger partial charge on any atom is 0.272 e. The van der Waals surface area contributed by atoms with Crippen molar-refractivity contribution in [1.82, 2.24) is 31.2 Å². The highest BCUT2D eigenvalue weighted by Crippen LogP contribution is 2.27. The van der Waals surface area contributed by atoms with E-state index in [0.717, 1.165) is 32.1 Å². The molecule has 0 spiro atoms. The molecule has 1 fully saturated rings. The topological polar surface area (TPSA) is 176 Å². The van der Waals surface area contributed by atoms with E-state index in [1.165, 1.54) is 18.6 Å². The maximum absolute atomic E-state index is 13.7. The molecular formula is C31H48N6O6. The van der Waals surface area contributed by atoms with E-state index in [9.17, 15) is 28.8 Å². The van der Waals surface area contributed by atoms with E-state index in [-0.39, 0.29) is 36.2 Å². The number of ketones is 1. The zero-order valence-electron chi connectivity index (χ0n) is 26.1. The fraction of sp³-hybridized carbons (Fsp3) is 0.677. The summed E-state index contributed by atoms with van der Waals surface area (Å²) in [5.41, 5.74) is 0.0651. The molecule has 1 aromatic rings. The number of carbonyl (C=O) groups is 6. The summed E-state index contributed by atoms with van der Waals surface area (Å²) < 4.78 is 0. The van der Waals surface area contributed by atoms with Gasteiger partial charge in [-0.3, -0.25) is 33.8 Å². The van der Waals surface area contributed by atoms with Crippen molar-refractivity contribution in [3.05, 3.63) is 24.3 Å². The van der Waals surface area contributed by atoms with Crippen LogP contribution >= 0.6 is 0 Å². The monoisotopic (exact) mass is 600 g/mol. The lowest BCUT2D eigenvalue weighted by molar-refractivity contribution is -0.136. The van der Waals surface area contributed by atoms with Crippen molar-refractivity contribution in [2.24, 2.45) is 17.8 Å². The third-order valence-corrected chi connectivity index (χ3v) is 8.03. The predicted octanol–water partition coefficient (Wildman–Crippen LogP) is 2.27. The lowest BCUT2D eigenvalue weighted by Crippen LogP contribution is -2.59. The minimum absolute atomic E-state index is 0.0536. The molecule has 12 nitrogen and oxygen atoms in total. The average molecular weight is 601 g/mol. The Hall–Kier alpha value is -3.70. The van der Waals surface area contributed by atoms with E-state index < -0.39 is 53.6 Å². The minimum atomic E-state index is -0.985. The zero-order valence-corrected chi connectivity index (χ0v) is 26.1. The number of aromatic nitrogens is 2. The number of nitrogens with zero attached hydrogens (tertiary/aromatic N) is 2. The summed E-state index contributed by atoms with van der Waals surface area (Å²) in [6.45, 7) is 9.24. The molecule has 1 aliphatic carbocycles. The fourth-order valence-electron chi connectivity index (χ4n) is 5.29. The summed E-state index contributed by atoms with van der Waals surface area (Å²) in [6, 6.07) is -3.85. The van der Waals surface area contributed by atoms with Crippen molar-refractivity contribution in [2.45, 2.75) is 117 Å². The molecule has 0 aliphatic heterocycles. The Balaban J connectivity index is 2.25. The highest BCUT2D eigenvalue weighted by atomic mass is 16.2. The van der Waals surface area contributed by atoms with Gasteiger partial charge in [-0.25, -0.2) is 4.98 Å². The number of hydrogen-bond donors (Lipinski definition) is 4. The molecule has 5 atom stereocenters. The quantitative estimate of drug-likeness (QED) is 0.155. The van der Waals surface area contributed by atoms with Crippen LogP contribution in [-0.4, -0.2) is 69.8 Å². The number of nitrogens with one attached hydrogen (secondary N) is 4. The van der Waals surface area contributed by atoms with Gasteiger partial charge in [-0.15, -0.1) is 0 Å². The minimum Gasteiger partial charge on any atom is -0.344 e. The number of hydrogen-bond acceptors (Lipinski definition) is 8. The molecule has 0 saturated heterocycles. The Bertz CT molecular complexity index is 1090. The molecule has 4 amide bonds. The first-order valence-electron chi connectivity index (χ1n) is 15.5. The highest BCUT2D eigenvalue weighted by Gasteiger charge is 2.34. The Morgan fingerprint density at radius 1 is 0.837 bits per heavy atom. The summed E-state index contributed by atoms with van der Waals surface area (Å²) in [6.07, 6.45) is 10.9. The van der Waals surface area contributed by atoms with Crippen LogP contribution in [0.4, 0.5) is 0 Å². The van der Waals surface area contributed by atoms with Crippen molar-refractivity contribution in [2.75, 3.05) is 0 Å². The SMILES string of the molecule is CCC(NC(=O)[C@H](CC1CCCCC1)NC(=O)[C@@H](NC(=O)[C@H](CC(C)C)NC(=O)c1cnccn1)[C@@H](C)CC)C(=O)C=O. The summed E-state index contributed by atoms with van der Waals surface area (Å²) >= 11 is 0. The van der Waals surface area contributed by atoms with Crippen molar-refractivity contribution in [1.29, 1.82) is 0 Å². The van der Waals surface area contributed by atoms with E-state index in [1.807, 2.05) is 27.7 Å². The molecule has 0 bridgehead atoms. The van der Waals surface area contributed by atoms with Crippen LogP contribution in [0.1, 0.15) is 103 Å². The van der Waals surface area contributed by atoms with Crippen LogP contribution in [0.2, 0.25) is 0 Å². The van der Waals surface area contributed by atoms with Gasteiger partial charge >= 0.3 is 0 Å². The molecule has 1 unspecified atom stereocenters. The Labute approximate surface area is 254 Å². The average Bonchev–Trinajstić information content (AvgIpc) is 3.01. The van der Waals surface area contributed by atoms with Gasteiger partial charge in [0.15, 0.2) is 6.29 Å². The summed E-state index contributed by atoms with van der Waals surface area (Å²) in [4.78, 5) is 84.4. The normalized spacial score (nSPS) is 17.1. The van der Waals surface area contributed by atoms with Crippen LogP contribution in [-0.2, 0) is 24.0 Å². The zero-order chi connectivity index (χ0) is 31.9. The molecule has 12 heteroatoms. The first-order valence-corrected chi connectivity index (χ1v) is 15.5. The van der Waals surface area contributed by atoms with Gasteiger partial charge in [-0.05, 0) is 37.0 Å². The van der Waals surface area contributed by atoms with Crippen LogP contribution < -0.4 is 21.3 Å². The third kappa shape index (κ3) is 11.5. The Morgan fingerprint density at radius 2 is 1.49 bits per heavy atom. The van der Waals surface area contributed by atoms with Gasteiger partial charge in [-0.1, -0.05) is 73.1 Å². The molecule has 0 radical (unpaired) electrons. The summed E-state index contributed by atoms with van der Waals surface area (Å²) in [5.74, 6) is -2.91. The van der Waals surface area contributed by atoms with E-state index in [1.54, 1.807) is 6.92 Å². The molecule has 1 heterocycles. The van der Waals surface area contributed by atoms with E-state index >= 15 is 0 Å². The van der Waals surface area contributed by atoms with E-state index in [0.29, 0.717) is 19.3 Å². The molecule has 0 aromatic carbocycles. The predicted molar refractivity (Wildman–Crippen MR) is 161 cm³/mol. The van der Waals surface area contributed by atoms with Gasteiger partial charge in [0, 0.05) is 12.4 Å². The van der Waals surface area contributed by atoms with Crippen molar-refractivity contribution < 1.29 is 28.8 Å². The second-order valence-electron chi connectivity index (χ2n) is 11.9. The second kappa shape index (κ2) is 18.1. The smallest absolute Gasteiger partial charge is 0.272 e. The standard InChI is InChI=1S/C31H48N6O6/c1-6-20(5)27(37-29(41)23(15-19(3)4)35-30(42)25-17-32-13-14-33-25)31(43)36-24(16-21-11-9-8-10-12-21)28(40)34-22(7-2)26(39)18-38/h13-14,17-24,27H,6-12,15-16H2,1-5H3,(H,34,40)(H,35,42)(H,36,43)(H,37,41)/t20-,22?,23-,24-,27-/m0/s1. The first kappa shape index (κ1) is 35.5. The second-order valence-corrected chi connectivity index (χ2v) is 11.9. The number of amides is 4.